The fourth-order valence-electron chi connectivity index (χ4n) is 4.32. The molecule has 176 valence electrons. The van der Waals surface area contributed by atoms with Gasteiger partial charge in [-0.1, -0.05) is 6.58 Å². The Labute approximate surface area is 192 Å². The molecule has 33 heavy (non-hydrogen) atoms. The number of fused-ring (bicyclic) bond motifs is 1. The summed E-state index contributed by atoms with van der Waals surface area (Å²) in [5.74, 6) is -0.862. The number of anilines is 1. The first kappa shape index (κ1) is 23.1. The maximum absolute atomic E-state index is 14.2. The van der Waals surface area contributed by atoms with E-state index in [9.17, 15) is 22.4 Å². The minimum absolute atomic E-state index is 0.152. The van der Waals surface area contributed by atoms with Crippen molar-refractivity contribution in [1.29, 1.82) is 0 Å². The molecule has 1 aromatic heterocycles. The molecule has 2 aliphatic heterocycles. The number of carbonyl (C=O) groups is 2. The van der Waals surface area contributed by atoms with Gasteiger partial charge >= 0.3 is 0 Å². The number of sulfonamides is 1. The molecule has 0 bridgehead atoms. The lowest BCUT2D eigenvalue weighted by Crippen LogP contribution is -2.51. The van der Waals surface area contributed by atoms with Crippen molar-refractivity contribution in [2.24, 2.45) is 0 Å². The average Bonchev–Trinajstić information content (AvgIpc) is 2.82. The van der Waals surface area contributed by atoms with Crippen LogP contribution >= 0.6 is 0 Å². The van der Waals surface area contributed by atoms with Crippen LogP contribution in [0.25, 0.3) is 10.9 Å². The third-order valence-corrected chi connectivity index (χ3v) is 7.41. The number of carbonyl (C=O) groups excluding carboxylic acids is 2. The van der Waals surface area contributed by atoms with Crippen molar-refractivity contribution in [2.75, 3.05) is 63.5 Å². The summed E-state index contributed by atoms with van der Waals surface area (Å²) in [6, 6.07) is 4.27. The molecule has 0 N–H and O–H groups in total. The van der Waals surface area contributed by atoms with Crippen LogP contribution in [-0.2, 0) is 14.8 Å². The van der Waals surface area contributed by atoms with E-state index in [2.05, 4.69) is 11.6 Å². The van der Waals surface area contributed by atoms with Crippen molar-refractivity contribution in [3.8, 4) is 0 Å². The molecule has 0 saturated carbocycles. The van der Waals surface area contributed by atoms with Crippen molar-refractivity contribution >= 4 is 38.4 Å². The number of hydrogen-bond donors (Lipinski definition) is 0. The number of hydrogen-bond acceptors (Lipinski definition) is 6. The molecule has 2 aromatic rings. The second-order valence-electron chi connectivity index (χ2n) is 8.15. The highest BCUT2D eigenvalue weighted by Crippen LogP contribution is 2.32. The fraction of sp³-hybridized carbons (Fsp3) is 0.409. The van der Waals surface area contributed by atoms with E-state index in [4.69, 9.17) is 0 Å². The van der Waals surface area contributed by atoms with Gasteiger partial charge in [-0.2, -0.15) is 4.31 Å². The number of benzene rings is 1. The normalized spacial score (nSPS) is 17.9. The zero-order valence-electron chi connectivity index (χ0n) is 18.4. The van der Waals surface area contributed by atoms with Crippen molar-refractivity contribution in [3.63, 3.8) is 0 Å². The van der Waals surface area contributed by atoms with Gasteiger partial charge in [0.1, 0.15) is 5.82 Å². The summed E-state index contributed by atoms with van der Waals surface area (Å²) in [5, 5.41) is 0.527. The molecule has 2 amide bonds. The fourth-order valence-corrected chi connectivity index (χ4v) is 5.15. The molecule has 0 aliphatic carbocycles. The Morgan fingerprint density at radius 2 is 1.67 bits per heavy atom. The average molecular weight is 476 g/mol. The number of rotatable bonds is 4. The van der Waals surface area contributed by atoms with Gasteiger partial charge in [0.15, 0.2) is 0 Å². The van der Waals surface area contributed by atoms with Gasteiger partial charge < -0.3 is 14.7 Å². The predicted octanol–water partition coefficient (Wildman–Crippen LogP) is 0.926. The lowest BCUT2D eigenvalue weighted by Gasteiger charge is -2.38. The van der Waals surface area contributed by atoms with E-state index in [0.29, 0.717) is 48.3 Å². The zero-order valence-corrected chi connectivity index (χ0v) is 19.2. The number of nitrogens with zero attached hydrogens (tertiary/aromatic N) is 5. The van der Waals surface area contributed by atoms with E-state index in [0.717, 1.165) is 6.26 Å². The molecule has 4 rings (SSSR count). The third kappa shape index (κ3) is 4.69. The van der Waals surface area contributed by atoms with Crippen LogP contribution in [0.4, 0.5) is 10.1 Å². The van der Waals surface area contributed by atoms with E-state index in [-0.39, 0.29) is 38.0 Å². The first-order valence-corrected chi connectivity index (χ1v) is 12.5. The van der Waals surface area contributed by atoms with Gasteiger partial charge in [-0.05, 0) is 24.3 Å². The van der Waals surface area contributed by atoms with Crippen LogP contribution in [0, 0.1) is 5.82 Å². The minimum Gasteiger partial charge on any atom is -0.367 e. The maximum atomic E-state index is 14.2. The number of halogens is 1. The highest BCUT2D eigenvalue weighted by atomic mass is 32.2. The Morgan fingerprint density at radius 3 is 2.27 bits per heavy atom. The van der Waals surface area contributed by atoms with Crippen LogP contribution in [0.2, 0.25) is 0 Å². The summed E-state index contributed by atoms with van der Waals surface area (Å²) in [5.41, 5.74) is 1.49. The Morgan fingerprint density at radius 1 is 1.03 bits per heavy atom. The van der Waals surface area contributed by atoms with Gasteiger partial charge in [0.2, 0.25) is 15.9 Å². The van der Waals surface area contributed by atoms with Gasteiger partial charge in [0.25, 0.3) is 5.91 Å². The zero-order chi connectivity index (χ0) is 23.8. The van der Waals surface area contributed by atoms with Gasteiger partial charge in [-0.15, -0.1) is 0 Å². The third-order valence-electron chi connectivity index (χ3n) is 6.11. The topological polar surface area (TPSA) is 94.1 Å². The molecule has 9 nitrogen and oxygen atoms in total. The van der Waals surface area contributed by atoms with Gasteiger partial charge in [-0.25, -0.2) is 12.8 Å². The highest BCUT2D eigenvalue weighted by Gasteiger charge is 2.31. The summed E-state index contributed by atoms with van der Waals surface area (Å²) in [7, 11) is -3.32. The molecular formula is C22H26FN5O4S. The minimum atomic E-state index is -3.32. The van der Waals surface area contributed by atoms with Gasteiger partial charge in [0, 0.05) is 63.9 Å². The van der Waals surface area contributed by atoms with Crippen molar-refractivity contribution in [2.45, 2.75) is 0 Å². The lowest BCUT2D eigenvalue weighted by atomic mass is 10.1. The largest absolute Gasteiger partial charge is 0.367 e. The van der Waals surface area contributed by atoms with Crippen LogP contribution in [0.15, 0.2) is 37.1 Å². The standard InChI is InChI=1S/C22H26FN5O4S/c1-3-20(29)25-6-8-26(9-7-25)21-17-14-16(23)4-5-19(17)24-15-18(21)22(30)27-10-12-28(13-11-27)33(2,31)32/h3-5,14-15H,1,6-13H2,2H3. The molecule has 0 unspecified atom stereocenters. The summed E-state index contributed by atoms with van der Waals surface area (Å²) in [4.78, 5) is 35.1. The van der Waals surface area contributed by atoms with E-state index in [1.165, 1.54) is 28.7 Å². The van der Waals surface area contributed by atoms with E-state index < -0.39 is 15.8 Å². The molecular weight excluding hydrogens is 449 g/mol. The summed E-state index contributed by atoms with van der Waals surface area (Å²) < 4.78 is 39.1. The number of aromatic nitrogens is 1. The van der Waals surface area contributed by atoms with Crippen LogP contribution in [0.5, 0.6) is 0 Å². The van der Waals surface area contributed by atoms with Crippen LogP contribution in [0.3, 0.4) is 0 Å². The van der Waals surface area contributed by atoms with Crippen molar-refractivity contribution in [1.82, 2.24) is 19.1 Å². The number of pyridine rings is 1. The Bertz CT molecular complexity index is 1200. The van der Waals surface area contributed by atoms with Crippen LogP contribution in [0.1, 0.15) is 10.4 Å². The Kier molecular flexibility index (Phi) is 6.35. The molecule has 0 radical (unpaired) electrons. The van der Waals surface area contributed by atoms with Gasteiger partial charge in [0.05, 0.1) is 23.0 Å². The lowest BCUT2D eigenvalue weighted by molar-refractivity contribution is -0.126. The first-order valence-electron chi connectivity index (χ1n) is 10.7. The molecule has 0 atom stereocenters. The second-order valence-corrected chi connectivity index (χ2v) is 10.1. The molecule has 11 heteroatoms. The SMILES string of the molecule is C=CC(=O)N1CCN(c2c(C(=O)N3CCN(S(C)(=O)=O)CC3)cnc3ccc(F)cc23)CC1. The van der Waals surface area contributed by atoms with E-state index in [1.807, 2.05) is 4.90 Å². The predicted molar refractivity (Wildman–Crippen MR) is 123 cm³/mol. The van der Waals surface area contributed by atoms with E-state index in [1.54, 1.807) is 15.9 Å². The second kappa shape index (κ2) is 9.06. The smallest absolute Gasteiger partial charge is 0.257 e. The monoisotopic (exact) mass is 475 g/mol. The van der Waals surface area contributed by atoms with Crippen molar-refractivity contribution in [3.05, 3.63) is 48.4 Å². The number of amides is 2. The van der Waals surface area contributed by atoms with Crippen LogP contribution in [-0.4, -0.2) is 97.9 Å². The van der Waals surface area contributed by atoms with E-state index >= 15 is 0 Å². The summed E-state index contributed by atoms with van der Waals surface area (Å²) in [6.45, 7) is 6.32. The van der Waals surface area contributed by atoms with Crippen molar-refractivity contribution < 1.29 is 22.4 Å². The molecule has 3 heterocycles. The summed E-state index contributed by atoms with van der Waals surface area (Å²) in [6.07, 6.45) is 3.93. The highest BCUT2D eigenvalue weighted by molar-refractivity contribution is 7.88. The molecule has 2 saturated heterocycles. The Hall–Kier alpha value is -3.05. The summed E-state index contributed by atoms with van der Waals surface area (Å²) >= 11 is 0. The first-order chi connectivity index (χ1) is 15.7. The van der Waals surface area contributed by atoms with Crippen LogP contribution < -0.4 is 4.90 Å². The van der Waals surface area contributed by atoms with Gasteiger partial charge in [-0.3, -0.25) is 14.6 Å². The molecule has 1 aromatic carbocycles. The maximum Gasteiger partial charge on any atom is 0.257 e. The molecule has 2 fully saturated rings. The molecule has 0 spiro atoms. The Balaban J connectivity index is 1.67. The number of piperazine rings is 2. The molecule has 2 aliphatic rings. The quantitative estimate of drug-likeness (QED) is 0.611.